The molecular weight excluding hydrogens is 522 g/mol. The highest BCUT2D eigenvalue weighted by Crippen LogP contribution is 2.37. The summed E-state index contributed by atoms with van der Waals surface area (Å²) in [5.41, 5.74) is 7.74. The van der Waals surface area contributed by atoms with E-state index in [2.05, 4.69) is 15.2 Å². The molecule has 0 spiro atoms. The molecule has 0 aromatic heterocycles. The summed E-state index contributed by atoms with van der Waals surface area (Å²) in [7, 11) is 5.20. The summed E-state index contributed by atoms with van der Waals surface area (Å²) < 4.78 is 24.5. The molecule has 164 valence electrons. The van der Waals surface area contributed by atoms with Crippen LogP contribution in [-0.2, 0) is 0 Å². The van der Waals surface area contributed by atoms with E-state index in [1.165, 1.54) is 6.07 Å². The first kappa shape index (κ1) is 24.5. The number of nitrogens with two attached hydrogens (primary N) is 1. The highest BCUT2D eigenvalue weighted by Gasteiger charge is 2.33. The fourth-order valence-corrected chi connectivity index (χ4v) is 3.87. The largest absolute Gasteiger partial charge is 0.493 e. The normalized spacial score (nSPS) is 19.3. The summed E-state index contributed by atoms with van der Waals surface area (Å²) in [6.07, 6.45) is 0.957. The monoisotopic (exact) mass is 548 g/mol. The van der Waals surface area contributed by atoms with Gasteiger partial charge in [-0.05, 0) is 55.8 Å². The second-order valence-electron chi connectivity index (χ2n) is 7.07. The van der Waals surface area contributed by atoms with Crippen LogP contribution in [0.15, 0.2) is 41.4 Å². The van der Waals surface area contributed by atoms with Gasteiger partial charge >= 0.3 is 0 Å². The van der Waals surface area contributed by atoms with Crippen molar-refractivity contribution in [3.63, 3.8) is 0 Å². The van der Waals surface area contributed by atoms with E-state index in [0.717, 1.165) is 24.2 Å². The Morgan fingerprint density at radius 3 is 2.63 bits per heavy atom. The molecule has 1 heterocycles. The van der Waals surface area contributed by atoms with Gasteiger partial charge in [-0.1, -0.05) is 17.7 Å². The van der Waals surface area contributed by atoms with E-state index in [1.807, 2.05) is 19.2 Å². The molecule has 0 saturated carbocycles. The average Bonchev–Trinajstić information content (AvgIpc) is 3.08. The number of hydrogen-bond donors (Lipinski definition) is 2. The van der Waals surface area contributed by atoms with Crippen LogP contribution in [0.3, 0.4) is 0 Å². The SMILES string of the molecule is COc1ccc(NC(N)=NCC2CCN(C)C2c2ccc(Cl)c(F)c2)cc1OC.I. The van der Waals surface area contributed by atoms with E-state index >= 15 is 0 Å². The summed E-state index contributed by atoms with van der Waals surface area (Å²) in [5.74, 6) is 1.38. The number of benzene rings is 2. The third-order valence-electron chi connectivity index (χ3n) is 5.21. The lowest BCUT2D eigenvalue weighted by Crippen LogP contribution is -2.26. The molecule has 1 saturated heterocycles. The van der Waals surface area contributed by atoms with Crippen LogP contribution in [0.4, 0.5) is 10.1 Å². The lowest BCUT2D eigenvalue weighted by molar-refractivity contribution is 0.279. The molecule has 6 nitrogen and oxygen atoms in total. The van der Waals surface area contributed by atoms with Crippen LogP contribution in [0.25, 0.3) is 0 Å². The van der Waals surface area contributed by atoms with Gasteiger partial charge in [0, 0.05) is 24.3 Å². The molecule has 2 unspecified atom stereocenters. The van der Waals surface area contributed by atoms with Gasteiger partial charge in [-0.3, -0.25) is 9.89 Å². The van der Waals surface area contributed by atoms with Crippen molar-refractivity contribution in [2.45, 2.75) is 12.5 Å². The number of likely N-dealkylation sites (tertiary alicyclic amines) is 1. The lowest BCUT2D eigenvalue weighted by Gasteiger charge is -2.25. The van der Waals surface area contributed by atoms with Crippen LogP contribution in [0, 0.1) is 11.7 Å². The Morgan fingerprint density at radius 1 is 1.23 bits per heavy atom. The predicted octanol–water partition coefficient (Wildman–Crippen LogP) is 4.53. The molecule has 3 N–H and O–H groups in total. The number of aliphatic imine (C=N–C) groups is 1. The van der Waals surface area contributed by atoms with E-state index in [-0.39, 0.29) is 41.0 Å². The molecule has 2 aromatic rings. The Hall–Kier alpha value is -1.78. The minimum atomic E-state index is -0.402. The predicted molar refractivity (Wildman–Crippen MR) is 130 cm³/mol. The van der Waals surface area contributed by atoms with E-state index in [0.29, 0.717) is 24.0 Å². The van der Waals surface area contributed by atoms with Gasteiger partial charge < -0.3 is 20.5 Å². The lowest BCUT2D eigenvalue weighted by atomic mass is 9.94. The van der Waals surface area contributed by atoms with Crippen LogP contribution < -0.4 is 20.5 Å². The van der Waals surface area contributed by atoms with E-state index in [1.54, 1.807) is 32.4 Å². The Balaban J connectivity index is 0.00000320. The van der Waals surface area contributed by atoms with Crippen molar-refractivity contribution >= 4 is 47.2 Å². The van der Waals surface area contributed by atoms with Gasteiger partial charge in [-0.15, -0.1) is 24.0 Å². The Morgan fingerprint density at radius 2 is 1.97 bits per heavy atom. The van der Waals surface area contributed by atoms with Gasteiger partial charge in [-0.2, -0.15) is 0 Å². The Kier molecular flexibility index (Phi) is 8.99. The molecule has 30 heavy (non-hydrogen) atoms. The quantitative estimate of drug-likeness (QED) is 0.315. The first-order chi connectivity index (χ1) is 13.9. The van der Waals surface area contributed by atoms with Gasteiger partial charge in [0.05, 0.1) is 19.2 Å². The topological polar surface area (TPSA) is 72.1 Å². The average molecular weight is 549 g/mol. The molecule has 2 atom stereocenters. The molecular formula is C21H27ClFIN4O2. The van der Waals surface area contributed by atoms with Crippen LogP contribution >= 0.6 is 35.6 Å². The fourth-order valence-electron chi connectivity index (χ4n) is 3.76. The summed E-state index contributed by atoms with van der Waals surface area (Å²) >= 11 is 5.83. The van der Waals surface area contributed by atoms with Crippen LogP contribution in [0.2, 0.25) is 5.02 Å². The number of nitrogens with zero attached hydrogens (tertiary/aromatic N) is 2. The van der Waals surface area contributed by atoms with E-state index < -0.39 is 5.82 Å². The van der Waals surface area contributed by atoms with Gasteiger partial charge in [0.25, 0.3) is 0 Å². The third kappa shape index (κ3) is 5.67. The van der Waals surface area contributed by atoms with Gasteiger partial charge in [0.2, 0.25) is 0 Å². The van der Waals surface area contributed by atoms with Crippen molar-refractivity contribution in [3.8, 4) is 11.5 Å². The Bertz CT molecular complexity index is 899. The summed E-state index contributed by atoms with van der Waals surface area (Å²) in [4.78, 5) is 6.72. The van der Waals surface area contributed by atoms with Crippen molar-refractivity contribution in [2.75, 3.05) is 39.7 Å². The number of methoxy groups -OCH3 is 2. The maximum Gasteiger partial charge on any atom is 0.193 e. The minimum Gasteiger partial charge on any atom is -0.493 e. The summed E-state index contributed by atoms with van der Waals surface area (Å²) in [5, 5.41) is 3.21. The van der Waals surface area contributed by atoms with Gasteiger partial charge in [0.15, 0.2) is 17.5 Å². The first-order valence-electron chi connectivity index (χ1n) is 9.37. The number of guanidine groups is 1. The molecule has 0 amide bonds. The number of rotatable bonds is 6. The molecule has 1 aliphatic rings. The second kappa shape index (κ2) is 11.0. The highest BCUT2D eigenvalue weighted by atomic mass is 127. The highest BCUT2D eigenvalue weighted by molar-refractivity contribution is 14.0. The van der Waals surface area contributed by atoms with Crippen molar-refractivity contribution in [1.82, 2.24) is 4.90 Å². The zero-order valence-corrected chi connectivity index (χ0v) is 20.3. The third-order valence-corrected chi connectivity index (χ3v) is 5.52. The zero-order chi connectivity index (χ0) is 21.0. The van der Waals surface area contributed by atoms with Crippen LogP contribution in [-0.4, -0.2) is 45.2 Å². The molecule has 3 rings (SSSR count). The van der Waals surface area contributed by atoms with Gasteiger partial charge in [0.1, 0.15) is 5.82 Å². The van der Waals surface area contributed by atoms with E-state index in [9.17, 15) is 4.39 Å². The molecule has 0 bridgehead atoms. The van der Waals surface area contributed by atoms with Crippen molar-refractivity contribution in [3.05, 3.63) is 52.8 Å². The number of nitrogens with one attached hydrogen (secondary N) is 1. The maximum atomic E-state index is 13.9. The molecule has 9 heteroatoms. The van der Waals surface area contributed by atoms with Gasteiger partial charge in [-0.25, -0.2) is 4.39 Å². The van der Waals surface area contributed by atoms with Crippen molar-refractivity contribution in [1.29, 1.82) is 0 Å². The molecule has 1 aliphatic heterocycles. The zero-order valence-electron chi connectivity index (χ0n) is 17.2. The second-order valence-corrected chi connectivity index (χ2v) is 7.48. The summed E-state index contributed by atoms with van der Waals surface area (Å²) in [6.45, 7) is 1.45. The number of anilines is 1. The van der Waals surface area contributed by atoms with Crippen molar-refractivity contribution < 1.29 is 13.9 Å². The standard InChI is InChI=1S/C21H26ClFN4O2.HI/c1-27-9-8-14(20(27)13-4-6-16(22)17(23)10-13)12-25-21(24)26-15-5-7-18(28-2)19(11-15)29-3;/h4-7,10-11,14,20H,8-9,12H2,1-3H3,(H3,24,25,26);1H. The van der Waals surface area contributed by atoms with E-state index in [4.69, 9.17) is 26.8 Å². The molecule has 0 aliphatic carbocycles. The molecule has 2 aromatic carbocycles. The Labute approximate surface area is 198 Å². The molecule has 1 fully saturated rings. The van der Waals surface area contributed by atoms with Crippen LogP contribution in [0.1, 0.15) is 18.0 Å². The molecule has 0 radical (unpaired) electrons. The van der Waals surface area contributed by atoms with Crippen LogP contribution in [0.5, 0.6) is 11.5 Å². The maximum absolute atomic E-state index is 13.9. The smallest absolute Gasteiger partial charge is 0.193 e. The first-order valence-corrected chi connectivity index (χ1v) is 9.75. The van der Waals surface area contributed by atoms with Crippen molar-refractivity contribution in [2.24, 2.45) is 16.6 Å². The number of ether oxygens (including phenoxy) is 2. The number of halogens is 3. The number of hydrogen-bond acceptors (Lipinski definition) is 4. The minimum absolute atomic E-state index is 0. The summed E-state index contributed by atoms with van der Waals surface area (Å²) in [6, 6.07) is 10.5. The fraction of sp³-hybridized carbons (Fsp3) is 0.381.